The summed E-state index contributed by atoms with van der Waals surface area (Å²) in [6.45, 7) is 4.35. The van der Waals surface area contributed by atoms with Gasteiger partial charge >= 0.3 is 5.97 Å². The van der Waals surface area contributed by atoms with E-state index in [0.29, 0.717) is 6.54 Å². The summed E-state index contributed by atoms with van der Waals surface area (Å²) >= 11 is 0. The molecule has 3 N–H and O–H groups in total. The lowest BCUT2D eigenvalue weighted by Crippen LogP contribution is -2.44. The molecule has 0 saturated heterocycles. The van der Waals surface area contributed by atoms with E-state index >= 15 is 0 Å². The number of amides is 1. The van der Waals surface area contributed by atoms with Crippen LogP contribution in [0.15, 0.2) is 24.3 Å². The van der Waals surface area contributed by atoms with Gasteiger partial charge in [0.2, 0.25) is 5.91 Å². The molecule has 110 valence electrons. The predicted molar refractivity (Wildman–Crippen MR) is 76.8 cm³/mol. The van der Waals surface area contributed by atoms with E-state index in [1.165, 1.54) is 7.11 Å². The molecule has 0 saturated carbocycles. The Bertz CT molecular complexity index is 472. The van der Waals surface area contributed by atoms with Crippen LogP contribution in [0.25, 0.3) is 0 Å². The number of carbonyl (C=O) groups is 2. The molecule has 1 unspecified atom stereocenters. The lowest BCUT2D eigenvalue weighted by molar-refractivity contribution is -0.139. The smallest absolute Gasteiger partial charge is 0.309 e. The number of hydrogen-bond donors (Lipinski definition) is 2. The zero-order valence-corrected chi connectivity index (χ0v) is 12.2. The van der Waals surface area contributed by atoms with Gasteiger partial charge in [0.1, 0.15) is 0 Å². The minimum atomic E-state index is -0.388. The molecule has 0 spiro atoms. The van der Waals surface area contributed by atoms with Gasteiger partial charge in [0.15, 0.2) is 0 Å². The summed E-state index contributed by atoms with van der Waals surface area (Å²) in [5.41, 5.74) is 7.22. The molecule has 1 aromatic rings. The minimum Gasteiger partial charge on any atom is -0.469 e. The first-order valence-corrected chi connectivity index (χ1v) is 6.62. The zero-order chi connectivity index (χ0) is 15.1. The zero-order valence-electron chi connectivity index (χ0n) is 12.2. The maximum atomic E-state index is 11.4. The van der Waals surface area contributed by atoms with Crippen LogP contribution in [-0.4, -0.2) is 25.0 Å². The van der Waals surface area contributed by atoms with Crippen LogP contribution in [0.2, 0.25) is 0 Å². The van der Waals surface area contributed by atoms with Gasteiger partial charge in [-0.05, 0) is 17.0 Å². The first-order valence-electron chi connectivity index (χ1n) is 6.62. The van der Waals surface area contributed by atoms with Gasteiger partial charge < -0.3 is 15.8 Å². The van der Waals surface area contributed by atoms with E-state index in [-0.39, 0.29) is 30.3 Å². The van der Waals surface area contributed by atoms with E-state index in [9.17, 15) is 9.59 Å². The van der Waals surface area contributed by atoms with Crippen LogP contribution in [0.3, 0.4) is 0 Å². The van der Waals surface area contributed by atoms with Crippen molar-refractivity contribution in [3.63, 3.8) is 0 Å². The van der Waals surface area contributed by atoms with Crippen molar-refractivity contribution in [1.29, 1.82) is 0 Å². The number of carbonyl (C=O) groups excluding carboxylic acids is 2. The molecule has 0 aliphatic heterocycles. The third-order valence-electron chi connectivity index (χ3n) is 3.17. The normalized spacial score (nSPS) is 12.2. The van der Waals surface area contributed by atoms with Crippen molar-refractivity contribution in [2.24, 2.45) is 11.7 Å². The van der Waals surface area contributed by atoms with Crippen LogP contribution in [-0.2, 0) is 27.3 Å². The Kier molecular flexibility index (Phi) is 6.18. The fourth-order valence-electron chi connectivity index (χ4n) is 2.01. The molecule has 0 aliphatic rings. The Morgan fingerprint density at radius 2 is 1.85 bits per heavy atom. The Morgan fingerprint density at radius 1 is 1.25 bits per heavy atom. The highest BCUT2D eigenvalue weighted by Gasteiger charge is 2.19. The van der Waals surface area contributed by atoms with Gasteiger partial charge in [-0.15, -0.1) is 0 Å². The number of methoxy groups -OCH3 is 1. The number of hydrogen-bond acceptors (Lipinski definition) is 4. The van der Waals surface area contributed by atoms with Gasteiger partial charge in [0, 0.05) is 6.54 Å². The Hall–Kier alpha value is -1.88. The minimum absolute atomic E-state index is 0.111. The van der Waals surface area contributed by atoms with E-state index < -0.39 is 0 Å². The van der Waals surface area contributed by atoms with Crippen LogP contribution in [0.5, 0.6) is 0 Å². The van der Waals surface area contributed by atoms with Crippen molar-refractivity contribution >= 4 is 11.9 Å². The van der Waals surface area contributed by atoms with E-state index in [1.807, 2.05) is 38.1 Å². The Morgan fingerprint density at radius 3 is 2.35 bits per heavy atom. The van der Waals surface area contributed by atoms with Gasteiger partial charge in [0.25, 0.3) is 0 Å². The summed E-state index contributed by atoms with van der Waals surface area (Å²) < 4.78 is 4.68. The largest absolute Gasteiger partial charge is 0.469 e. The summed E-state index contributed by atoms with van der Waals surface area (Å²) in [5.74, 6) is -0.543. The number of nitrogens with one attached hydrogen (secondary N) is 1. The first kappa shape index (κ1) is 16.2. The molecule has 5 heteroatoms. The van der Waals surface area contributed by atoms with Crippen molar-refractivity contribution < 1.29 is 14.3 Å². The lowest BCUT2D eigenvalue weighted by Gasteiger charge is -2.20. The molecule has 20 heavy (non-hydrogen) atoms. The second-order valence-corrected chi connectivity index (χ2v) is 5.03. The molecule has 0 radical (unpaired) electrons. The van der Waals surface area contributed by atoms with E-state index in [0.717, 1.165) is 11.1 Å². The Balaban J connectivity index is 2.77. The first-order chi connectivity index (χ1) is 9.45. The number of esters is 1. The van der Waals surface area contributed by atoms with Crippen molar-refractivity contribution in [3.8, 4) is 0 Å². The molecule has 1 aromatic carbocycles. The highest BCUT2D eigenvalue weighted by Crippen LogP contribution is 2.11. The van der Waals surface area contributed by atoms with Crippen molar-refractivity contribution in [2.45, 2.75) is 32.9 Å². The monoisotopic (exact) mass is 278 g/mol. The SMILES string of the molecule is COC(=O)Cc1ccccc1CNC(C(N)=O)C(C)C. The summed E-state index contributed by atoms with van der Waals surface area (Å²) in [5, 5.41) is 3.14. The number of nitrogens with two attached hydrogens (primary N) is 1. The number of benzene rings is 1. The number of primary amides is 1. The summed E-state index contributed by atoms with van der Waals surface area (Å²) in [6, 6.07) is 7.18. The van der Waals surface area contributed by atoms with Gasteiger partial charge in [-0.3, -0.25) is 9.59 Å². The van der Waals surface area contributed by atoms with Gasteiger partial charge in [0.05, 0.1) is 19.6 Å². The summed E-state index contributed by atoms with van der Waals surface area (Å²) in [6.07, 6.45) is 0.220. The van der Waals surface area contributed by atoms with Gasteiger partial charge in [-0.2, -0.15) is 0 Å². The fourth-order valence-corrected chi connectivity index (χ4v) is 2.01. The summed E-state index contributed by atoms with van der Waals surface area (Å²) in [4.78, 5) is 22.7. The molecule has 0 aliphatic carbocycles. The van der Waals surface area contributed by atoms with Crippen molar-refractivity contribution in [2.75, 3.05) is 7.11 Å². The number of ether oxygens (including phenoxy) is 1. The van der Waals surface area contributed by atoms with Crippen LogP contribution in [0, 0.1) is 5.92 Å². The van der Waals surface area contributed by atoms with Gasteiger partial charge in [-0.1, -0.05) is 38.1 Å². The topological polar surface area (TPSA) is 81.4 Å². The predicted octanol–water partition coefficient (Wildman–Crippen LogP) is 1.00. The third kappa shape index (κ3) is 4.66. The molecule has 0 aromatic heterocycles. The van der Waals surface area contributed by atoms with Crippen LogP contribution in [0.1, 0.15) is 25.0 Å². The molecule has 5 nitrogen and oxygen atoms in total. The van der Waals surface area contributed by atoms with Crippen LogP contribution < -0.4 is 11.1 Å². The molecular formula is C15H22N2O3. The summed E-state index contributed by atoms with van der Waals surface area (Å²) in [7, 11) is 1.37. The standard InChI is InChI=1S/C15H22N2O3/c1-10(2)14(15(16)19)17-9-12-7-5-4-6-11(12)8-13(18)20-3/h4-7,10,14,17H,8-9H2,1-3H3,(H2,16,19). The molecule has 1 amide bonds. The molecule has 0 heterocycles. The molecular weight excluding hydrogens is 256 g/mol. The van der Waals surface area contributed by atoms with E-state index in [4.69, 9.17) is 5.73 Å². The second-order valence-electron chi connectivity index (χ2n) is 5.03. The quantitative estimate of drug-likeness (QED) is 0.729. The number of rotatable bonds is 7. The van der Waals surface area contributed by atoms with Crippen molar-refractivity contribution in [1.82, 2.24) is 5.32 Å². The Labute approximate surface area is 119 Å². The average Bonchev–Trinajstić information content (AvgIpc) is 2.39. The highest BCUT2D eigenvalue weighted by molar-refractivity contribution is 5.80. The van der Waals surface area contributed by atoms with Crippen LogP contribution >= 0.6 is 0 Å². The molecule has 0 bridgehead atoms. The molecule has 1 rings (SSSR count). The third-order valence-corrected chi connectivity index (χ3v) is 3.17. The van der Waals surface area contributed by atoms with E-state index in [1.54, 1.807) is 0 Å². The maximum absolute atomic E-state index is 11.4. The maximum Gasteiger partial charge on any atom is 0.309 e. The van der Waals surface area contributed by atoms with Crippen molar-refractivity contribution in [3.05, 3.63) is 35.4 Å². The average molecular weight is 278 g/mol. The lowest BCUT2D eigenvalue weighted by atomic mass is 10.0. The van der Waals surface area contributed by atoms with Crippen LogP contribution in [0.4, 0.5) is 0 Å². The fraction of sp³-hybridized carbons (Fsp3) is 0.467. The second kappa shape index (κ2) is 7.65. The highest BCUT2D eigenvalue weighted by atomic mass is 16.5. The van der Waals surface area contributed by atoms with E-state index in [2.05, 4.69) is 10.1 Å². The molecule has 0 fully saturated rings. The molecule has 1 atom stereocenters. The van der Waals surface area contributed by atoms with Gasteiger partial charge in [-0.25, -0.2) is 0 Å².